The van der Waals surface area contributed by atoms with Gasteiger partial charge in [-0.2, -0.15) is 0 Å². The summed E-state index contributed by atoms with van der Waals surface area (Å²) < 4.78 is 43.5. The number of nitrogens with zero attached hydrogens (tertiary/aromatic N) is 1. The predicted molar refractivity (Wildman–Crippen MR) is 126 cm³/mol. The van der Waals surface area contributed by atoms with E-state index in [4.69, 9.17) is 13.6 Å². The monoisotopic (exact) mass is 496 g/mol. The van der Waals surface area contributed by atoms with Gasteiger partial charge in [0.25, 0.3) is 5.91 Å². The molecule has 2 aromatic heterocycles. The number of esters is 1. The van der Waals surface area contributed by atoms with Gasteiger partial charge in [-0.05, 0) is 56.3 Å². The Morgan fingerprint density at radius 3 is 2.49 bits per heavy atom. The molecule has 0 spiro atoms. The van der Waals surface area contributed by atoms with Crippen molar-refractivity contribution in [1.82, 2.24) is 9.62 Å². The number of amides is 1. The maximum Gasteiger partial charge on any atom is 0.340 e. The van der Waals surface area contributed by atoms with Crippen molar-refractivity contribution in [2.75, 3.05) is 7.11 Å². The Kier molecular flexibility index (Phi) is 6.77. The average molecular weight is 497 g/mol. The molecule has 182 valence electrons. The Hall–Kier alpha value is -3.89. The number of furan rings is 2. The molecule has 1 aliphatic heterocycles. The number of carbonyl (C=O) groups is 2. The molecule has 0 aliphatic carbocycles. The molecule has 0 bridgehead atoms. The van der Waals surface area contributed by atoms with Crippen LogP contribution in [-0.4, -0.2) is 32.3 Å². The first-order chi connectivity index (χ1) is 16.7. The van der Waals surface area contributed by atoms with E-state index in [9.17, 15) is 18.0 Å². The number of aryl methyl sites for hydroxylation is 1. The largest absolute Gasteiger partial charge is 0.467 e. The van der Waals surface area contributed by atoms with E-state index in [1.807, 2.05) is 6.92 Å². The van der Waals surface area contributed by atoms with E-state index in [2.05, 4.69) is 4.72 Å². The van der Waals surface area contributed by atoms with Gasteiger partial charge in [-0.15, -0.1) is 0 Å². The number of hydrogen-bond donors (Lipinski definition) is 1. The van der Waals surface area contributed by atoms with Gasteiger partial charge in [0, 0.05) is 5.70 Å². The molecule has 35 heavy (non-hydrogen) atoms. The van der Waals surface area contributed by atoms with Crippen molar-refractivity contribution in [3.8, 4) is 0 Å². The van der Waals surface area contributed by atoms with E-state index in [1.54, 1.807) is 43.3 Å². The van der Waals surface area contributed by atoms with Gasteiger partial charge >= 0.3 is 5.97 Å². The molecule has 1 amide bonds. The van der Waals surface area contributed by atoms with Crippen molar-refractivity contribution < 1.29 is 31.6 Å². The molecule has 3 aromatic rings. The number of allylic oxidation sites excluding steroid dienone is 1. The summed E-state index contributed by atoms with van der Waals surface area (Å²) in [6, 6.07) is 13.1. The fourth-order valence-electron chi connectivity index (χ4n) is 3.65. The maximum atomic E-state index is 13.2. The van der Waals surface area contributed by atoms with E-state index < -0.39 is 21.9 Å². The summed E-state index contributed by atoms with van der Waals surface area (Å²) in [4.78, 5) is 27.2. The minimum absolute atomic E-state index is 0.0866. The number of hydrogen-bond acceptors (Lipinski definition) is 7. The van der Waals surface area contributed by atoms with E-state index in [1.165, 1.54) is 36.5 Å². The van der Waals surface area contributed by atoms with Crippen LogP contribution in [0.2, 0.25) is 0 Å². The molecule has 0 unspecified atom stereocenters. The number of carbonyl (C=O) groups excluding carboxylic acids is 2. The Bertz CT molecular complexity index is 1410. The van der Waals surface area contributed by atoms with Gasteiger partial charge in [0.15, 0.2) is 0 Å². The first kappa shape index (κ1) is 24.2. The highest BCUT2D eigenvalue weighted by Crippen LogP contribution is 2.33. The van der Waals surface area contributed by atoms with E-state index in [0.29, 0.717) is 17.2 Å². The van der Waals surface area contributed by atoms with Crippen LogP contribution in [0.1, 0.15) is 29.8 Å². The zero-order chi connectivity index (χ0) is 25.2. The first-order valence-electron chi connectivity index (χ1n) is 10.7. The summed E-state index contributed by atoms with van der Waals surface area (Å²) in [5.41, 5.74) is 1.62. The minimum atomic E-state index is -3.72. The first-order valence-corrected chi connectivity index (χ1v) is 12.2. The fourth-order valence-corrected chi connectivity index (χ4v) is 4.65. The highest BCUT2D eigenvalue weighted by Gasteiger charge is 2.37. The molecular weight excluding hydrogens is 472 g/mol. The summed E-state index contributed by atoms with van der Waals surface area (Å²) in [6.45, 7) is 3.59. The molecule has 1 aromatic carbocycles. The van der Waals surface area contributed by atoms with Crippen LogP contribution in [0.15, 0.2) is 85.4 Å². The second-order valence-electron chi connectivity index (χ2n) is 7.92. The number of sulfonamides is 1. The van der Waals surface area contributed by atoms with Crippen LogP contribution < -0.4 is 4.72 Å². The van der Waals surface area contributed by atoms with Gasteiger partial charge in [0.2, 0.25) is 10.0 Å². The van der Waals surface area contributed by atoms with Gasteiger partial charge in [-0.1, -0.05) is 17.7 Å². The van der Waals surface area contributed by atoms with Crippen molar-refractivity contribution in [1.29, 1.82) is 0 Å². The van der Waals surface area contributed by atoms with Crippen LogP contribution >= 0.6 is 0 Å². The van der Waals surface area contributed by atoms with E-state index in [0.717, 1.165) is 5.56 Å². The third-order valence-electron chi connectivity index (χ3n) is 5.53. The number of rotatable bonds is 8. The van der Waals surface area contributed by atoms with Gasteiger partial charge < -0.3 is 18.5 Å². The Morgan fingerprint density at radius 2 is 1.83 bits per heavy atom. The molecular formula is C25H24N2O7S. The maximum absolute atomic E-state index is 13.2. The quantitative estimate of drug-likeness (QED) is 0.374. The summed E-state index contributed by atoms with van der Waals surface area (Å²) in [5, 5.41) is 0. The lowest BCUT2D eigenvalue weighted by molar-refractivity contribution is -0.136. The molecule has 0 atom stereocenters. The van der Waals surface area contributed by atoms with Gasteiger partial charge in [-0.25, -0.2) is 17.9 Å². The predicted octanol–water partition coefficient (Wildman–Crippen LogP) is 3.53. The van der Waals surface area contributed by atoms with Crippen molar-refractivity contribution in [3.63, 3.8) is 0 Å². The molecule has 3 heterocycles. The molecule has 4 rings (SSSR count). The SMILES string of the molecule is COC(=O)C1=C(C)N(Cc2ccco2)C(=O)/C1=C/c1ccc(CNS(=O)(=O)c2ccc(C)cc2)o1. The molecule has 0 radical (unpaired) electrons. The third-order valence-corrected chi connectivity index (χ3v) is 6.95. The Morgan fingerprint density at radius 1 is 1.09 bits per heavy atom. The summed E-state index contributed by atoms with van der Waals surface area (Å²) in [6.07, 6.45) is 2.95. The average Bonchev–Trinajstić information content (AvgIpc) is 3.56. The topological polar surface area (TPSA) is 119 Å². The van der Waals surface area contributed by atoms with E-state index >= 15 is 0 Å². The zero-order valence-corrected chi connectivity index (χ0v) is 20.2. The van der Waals surface area contributed by atoms with E-state index in [-0.39, 0.29) is 34.9 Å². The molecule has 0 saturated carbocycles. The molecule has 9 nitrogen and oxygen atoms in total. The van der Waals surface area contributed by atoms with Gasteiger partial charge in [-0.3, -0.25) is 4.79 Å². The summed E-state index contributed by atoms with van der Waals surface area (Å²) >= 11 is 0. The van der Waals surface area contributed by atoms with Crippen LogP contribution in [0.25, 0.3) is 6.08 Å². The minimum Gasteiger partial charge on any atom is -0.467 e. The molecule has 10 heteroatoms. The van der Waals surface area contributed by atoms with Crippen LogP contribution in [0.3, 0.4) is 0 Å². The number of methoxy groups -OCH3 is 1. The number of nitrogens with one attached hydrogen (secondary N) is 1. The van der Waals surface area contributed by atoms with Crippen molar-refractivity contribution in [2.45, 2.75) is 31.8 Å². The van der Waals surface area contributed by atoms with Crippen LogP contribution in [-0.2, 0) is 37.4 Å². The van der Waals surface area contributed by atoms with Crippen molar-refractivity contribution >= 4 is 28.0 Å². The third kappa shape index (κ3) is 5.13. The molecule has 0 fully saturated rings. The lowest BCUT2D eigenvalue weighted by atomic mass is 10.1. The van der Waals surface area contributed by atoms with Gasteiger partial charge in [0.1, 0.15) is 17.3 Å². The number of ether oxygens (including phenoxy) is 1. The Labute approximate surface area is 202 Å². The summed E-state index contributed by atoms with van der Waals surface area (Å²) in [5.74, 6) is 0.126. The normalized spacial score (nSPS) is 15.3. The second kappa shape index (κ2) is 9.77. The van der Waals surface area contributed by atoms with Crippen LogP contribution in [0.5, 0.6) is 0 Å². The van der Waals surface area contributed by atoms with Crippen molar-refractivity contribution in [3.05, 3.63) is 94.5 Å². The zero-order valence-electron chi connectivity index (χ0n) is 19.4. The Balaban J connectivity index is 1.54. The second-order valence-corrected chi connectivity index (χ2v) is 9.69. The molecule has 1 aliphatic rings. The molecule has 0 saturated heterocycles. The summed E-state index contributed by atoms with van der Waals surface area (Å²) in [7, 11) is -2.48. The smallest absolute Gasteiger partial charge is 0.340 e. The molecule has 1 N–H and O–H groups in total. The standard InChI is InChI=1S/C25H24N2O7S/c1-16-6-10-21(11-7-16)35(30,31)26-14-19-9-8-18(34-19)13-22-23(25(29)32-3)17(2)27(24(22)28)15-20-5-4-12-33-20/h4-13,26H,14-15H2,1-3H3/b22-13+. The van der Waals surface area contributed by atoms with Crippen LogP contribution in [0.4, 0.5) is 0 Å². The highest BCUT2D eigenvalue weighted by molar-refractivity contribution is 7.89. The lowest BCUT2D eigenvalue weighted by Gasteiger charge is -2.15. The fraction of sp³-hybridized carbons (Fsp3) is 0.200. The van der Waals surface area contributed by atoms with Gasteiger partial charge in [0.05, 0.1) is 42.5 Å². The van der Waals surface area contributed by atoms with Crippen molar-refractivity contribution in [2.24, 2.45) is 0 Å². The highest BCUT2D eigenvalue weighted by atomic mass is 32.2. The lowest BCUT2D eigenvalue weighted by Crippen LogP contribution is -2.24. The number of benzene rings is 1. The van der Waals surface area contributed by atoms with Crippen LogP contribution in [0, 0.1) is 6.92 Å².